The van der Waals surface area contributed by atoms with Crippen molar-refractivity contribution in [3.8, 4) is 0 Å². The van der Waals surface area contributed by atoms with Crippen LogP contribution >= 0.6 is 22.9 Å². The molecule has 118 valence electrons. The number of nitrogens with one attached hydrogen (secondary N) is 2. The van der Waals surface area contributed by atoms with E-state index < -0.39 is 0 Å². The smallest absolute Gasteiger partial charge is 0.159 e. The first kappa shape index (κ1) is 15.5. The summed E-state index contributed by atoms with van der Waals surface area (Å²) in [4.78, 5) is 13.7. The minimum atomic E-state index is 0.359. The highest BCUT2D eigenvalue weighted by molar-refractivity contribution is 7.09. The van der Waals surface area contributed by atoms with Gasteiger partial charge in [0.25, 0.3) is 0 Å². The topological polar surface area (TPSA) is 88.8 Å². The molecule has 0 radical (unpaired) electrons. The Hall–Kier alpha value is -2.38. The fraction of sp³-hybridized carbons (Fsp3) is 0.133. The summed E-state index contributed by atoms with van der Waals surface area (Å²) in [5.41, 5.74) is 7.22. The summed E-state index contributed by atoms with van der Waals surface area (Å²) in [6.45, 7) is 0.745. The van der Waals surface area contributed by atoms with Crippen LogP contribution < -0.4 is 16.4 Å². The van der Waals surface area contributed by atoms with Crippen LogP contribution in [0.2, 0.25) is 5.15 Å². The SMILES string of the molecule is Nc1c(NCCc2cccs2)ncnc1Nc1cccnc1Cl. The molecule has 4 N–H and O–H groups in total. The molecule has 0 saturated carbocycles. The van der Waals surface area contributed by atoms with Crippen molar-refractivity contribution in [1.82, 2.24) is 15.0 Å². The fourth-order valence-electron chi connectivity index (χ4n) is 2.00. The summed E-state index contributed by atoms with van der Waals surface area (Å²) in [5, 5.41) is 8.73. The number of nitrogens with zero attached hydrogens (tertiary/aromatic N) is 3. The van der Waals surface area contributed by atoms with Gasteiger partial charge in [0.15, 0.2) is 16.8 Å². The molecule has 0 aliphatic heterocycles. The lowest BCUT2D eigenvalue weighted by Crippen LogP contribution is -2.10. The highest BCUT2D eigenvalue weighted by Crippen LogP contribution is 2.28. The van der Waals surface area contributed by atoms with E-state index >= 15 is 0 Å². The highest BCUT2D eigenvalue weighted by atomic mass is 35.5. The number of rotatable bonds is 6. The van der Waals surface area contributed by atoms with E-state index in [9.17, 15) is 0 Å². The van der Waals surface area contributed by atoms with Crippen molar-refractivity contribution in [3.63, 3.8) is 0 Å². The van der Waals surface area contributed by atoms with Gasteiger partial charge in [-0.1, -0.05) is 17.7 Å². The number of hydrogen-bond donors (Lipinski definition) is 3. The zero-order chi connectivity index (χ0) is 16.1. The molecular weight excluding hydrogens is 332 g/mol. The second-order valence-corrected chi connectivity index (χ2v) is 6.10. The first-order valence-electron chi connectivity index (χ1n) is 6.98. The van der Waals surface area contributed by atoms with Crippen LogP contribution in [0.1, 0.15) is 4.88 Å². The summed E-state index contributed by atoms with van der Waals surface area (Å²) < 4.78 is 0. The first-order valence-corrected chi connectivity index (χ1v) is 8.24. The summed E-state index contributed by atoms with van der Waals surface area (Å²) in [6, 6.07) is 7.73. The van der Waals surface area contributed by atoms with Crippen LogP contribution in [-0.2, 0) is 6.42 Å². The van der Waals surface area contributed by atoms with Gasteiger partial charge in [-0.3, -0.25) is 0 Å². The predicted octanol–water partition coefficient (Wildman–Crippen LogP) is 3.57. The lowest BCUT2D eigenvalue weighted by Gasteiger charge is -2.12. The van der Waals surface area contributed by atoms with E-state index in [4.69, 9.17) is 17.3 Å². The third-order valence-electron chi connectivity index (χ3n) is 3.14. The lowest BCUT2D eigenvalue weighted by molar-refractivity contribution is 1.02. The summed E-state index contributed by atoms with van der Waals surface area (Å²) >= 11 is 7.77. The molecule has 3 heterocycles. The number of thiophene rings is 1. The van der Waals surface area contributed by atoms with Crippen molar-refractivity contribution in [2.24, 2.45) is 0 Å². The Bertz CT molecular complexity index is 777. The van der Waals surface area contributed by atoms with Crippen LogP contribution in [-0.4, -0.2) is 21.5 Å². The Morgan fingerprint density at radius 1 is 1.13 bits per heavy atom. The van der Waals surface area contributed by atoms with Crippen molar-refractivity contribution < 1.29 is 0 Å². The Kier molecular flexibility index (Phi) is 4.89. The third kappa shape index (κ3) is 3.88. The van der Waals surface area contributed by atoms with Crippen molar-refractivity contribution in [1.29, 1.82) is 0 Å². The van der Waals surface area contributed by atoms with Crippen molar-refractivity contribution in [2.45, 2.75) is 6.42 Å². The average Bonchev–Trinajstić information content (AvgIpc) is 3.06. The number of hydrogen-bond acceptors (Lipinski definition) is 7. The normalized spacial score (nSPS) is 10.5. The first-order chi connectivity index (χ1) is 11.2. The largest absolute Gasteiger partial charge is 0.393 e. The predicted molar refractivity (Wildman–Crippen MR) is 95.5 cm³/mol. The molecule has 3 rings (SSSR count). The minimum Gasteiger partial charge on any atom is -0.393 e. The van der Waals surface area contributed by atoms with Crippen LogP contribution in [0.5, 0.6) is 0 Å². The molecule has 0 atom stereocenters. The number of halogens is 1. The molecule has 0 spiro atoms. The molecule has 0 aliphatic rings. The van der Waals surface area contributed by atoms with Crippen molar-refractivity contribution in [3.05, 3.63) is 52.2 Å². The number of anilines is 4. The van der Waals surface area contributed by atoms with Crippen LogP contribution in [0.4, 0.5) is 23.0 Å². The molecule has 23 heavy (non-hydrogen) atoms. The molecule has 3 aromatic heterocycles. The Morgan fingerprint density at radius 3 is 2.78 bits per heavy atom. The molecule has 6 nitrogen and oxygen atoms in total. The monoisotopic (exact) mass is 346 g/mol. The number of nitrogen functional groups attached to an aromatic ring is 1. The van der Waals surface area contributed by atoms with Crippen molar-refractivity contribution in [2.75, 3.05) is 22.9 Å². The van der Waals surface area contributed by atoms with Crippen LogP contribution in [0.15, 0.2) is 42.2 Å². The van der Waals surface area contributed by atoms with E-state index in [0.717, 1.165) is 13.0 Å². The van der Waals surface area contributed by atoms with Gasteiger partial charge < -0.3 is 16.4 Å². The van der Waals surface area contributed by atoms with Gasteiger partial charge in [-0.15, -0.1) is 11.3 Å². The Labute approximate surface area is 142 Å². The zero-order valence-corrected chi connectivity index (χ0v) is 13.7. The minimum absolute atomic E-state index is 0.359. The molecule has 8 heteroatoms. The highest BCUT2D eigenvalue weighted by Gasteiger charge is 2.10. The number of pyridine rings is 1. The Morgan fingerprint density at radius 2 is 2.00 bits per heavy atom. The van der Waals surface area contributed by atoms with Gasteiger partial charge in [0, 0.05) is 17.6 Å². The van der Waals surface area contributed by atoms with Gasteiger partial charge in [0.1, 0.15) is 12.0 Å². The third-order valence-corrected chi connectivity index (χ3v) is 4.38. The summed E-state index contributed by atoms with van der Waals surface area (Å²) in [7, 11) is 0. The van der Waals surface area contributed by atoms with E-state index in [1.54, 1.807) is 29.7 Å². The van der Waals surface area contributed by atoms with Gasteiger partial charge in [-0.05, 0) is 30.0 Å². The van der Waals surface area contributed by atoms with Crippen LogP contribution in [0.25, 0.3) is 0 Å². The molecule has 0 aromatic carbocycles. The number of aromatic nitrogens is 3. The van der Waals surface area contributed by atoms with Gasteiger partial charge >= 0.3 is 0 Å². The van der Waals surface area contributed by atoms with Crippen LogP contribution in [0.3, 0.4) is 0 Å². The van der Waals surface area contributed by atoms with Crippen molar-refractivity contribution >= 4 is 45.9 Å². The molecular formula is C15H15ClN6S. The fourth-order valence-corrected chi connectivity index (χ4v) is 2.88. The Balaban J connectivity index is 1.69. The summed E-state index contributed by atoms with van der Waals surface area (Å²) in [6.07, 6.45) is 3.99. The number of nitrogens with two attached hydrogens (primary N) is 1. The second-order valence-electron chi connectivity index (χ2n) is 4.71. The maximum Gasteiger partial charge on any atom is 0.159 e. The van der Waals surface area contributed by atoms with E-state index in [1.165, 1.54) is 11.2 Å². The molecule has 0 bridgehead atoms. The molecule has 0 saturated heterocycles. The quantitative estimate of drug-likeness (QED) is 0.591. The lowest BCUT2D eigenvalue weighted by atomic mass is 10.3. The van der Waals surface area contributed by atoms with Gasteiger partial charge in [0.05, 0.1) is 5.69 Å². The van der Waals surface area contributed by atoms with Crippen LogP contribution in [0, 0.1) is 0 Å². The van der Waals surface area contributed by atoms with E-state index in [1.807, 2.05) is 6.07 Å². The molecule has 0 unspecified atom stereocenters. The van der Waals surface area contributed by atoms with E-state index in [2.05, 4.69) is 37.0 Å². The maximum atomic E-state index is 6.13. The van der Waals surface area contributed by atoms with Gasteiger partial charge in [-0.2, -0.15) is 0 Å². The zero-order valence-electron chi connectivity index (χ0n) is 12.2. The second kappa shape index (κ2) is 7.26. The standard InChI is InChI=1S/C15H15ClN6S/c16-13-11(4-1-6-18-13)22-15-12(17)14(20-9-21-15)19-7-5-10-3-2-8-23-10/h1-4,6,8-9H,5,7,17H2,(H2,19,20,21,22). The van der Waals surface area contributed by atoms with Gasteiger partial charge in [-0.25, -0.2) is 15.0 Å². The van der Waals surface area contributed by atoms with Gasteiger partial charge in [0.2, 0.25) is 0 Å². The molecule has 0 aliphatic carbocycles. The average molecular weight is 347 g/mol. The summed E-state index contributed by atoms with van der Waals surface area (Å²) in [5.74, 6) is 1.09. The molecule has 3 aromatic rings. The van der Waals surface area contributed by atoms with E-state index in [0.29, 0.717) is 28.2 Å². The van der Waals surface area contributed by atoms with E-state index in [-0.39, 0.29) is 0 Å². The molecule has 0 amide bonds. The maximum absolute atomic E-state index is 6.13. The molecule has 0 fully saturated rings.